The molecule has 20 heavy (non-hydrogen) atoms. The summed E-state index contributed by atoms with van der Waals surface area (Å²) in [4.78, 5) is 14.5. The van der Waals surface area contributed by atoms with Gasteiger partial charge in [-0.25, -0.2) is 0 Å². The fourth-order valence-corrected chi connectivity index (χ4v) is 3.81. The van der Waals surface area contributed by atoms with Crippen LogP contribution in [0.5, 0.6) is 0 Å². The highest BCUT2D eigenvalue weighted by atomic mass is 79.9. The minimum atomic E-state index is 0. The predicted molar refractivity (Wildman–Crippen MR) is 86.9 cm³/mol. The number of fused-ring (bicyclic) bond motifs is 2. The van der Waals surface area contributed by atoms with Crippen LogP contribution in [0.15, 0.2) is 22.7 Å². The van der Waals surface area contributed by atoms with Crippen LogP contribution in [-0.4, -0.2) is 36.0 Å². The second kappa shape index (κ2) is 6.65. The second-order valence-electron chi connectivity index (χ2n) is 5.30. The van der Waals surface area contributed by atoms with Crippen molar-refractivity contribution in [3.05, 3.63) is 33.3 Å². The van der Waals surface area contributed by atoms with Crippen molar-refractivity contribution < 1.29 is 4.79 Å². The van der Waals surface area contributed by atoms with Gasteiger partial charge in [0.15, 0.2) is 0 Å². The Morgan fingerprint density at radius 3 is 2.80 bits per heavy atom. The normalized spacial score (nSPS) is 25.0. The first-order valence-electron chi connectivity index (χ1n) is 6.64. The Morgan fingerprint density at radius 1 is 1.30 bits per heavy atom. The van der Waals surface area contributed by atoms with E-state index in [1.54, 1.807) is 18.2 Å². The van der Waals surface area contributed by atoms with Crippen LogP contribution >= 0.6 is 39.9 Å². The van der Waals surface area contributed by atoms with Crippen LogP contribution in [0.3, 0.4) is 0 Å². The fourth-order valence-electron chi connectivity index (χ4n) is 2.96. The molecule has 0 aliphatic carbocycles. The molecule has 2 unspecified atom stereocenters. The maximum absolute atomic E-state index is 12.6. The summed E-state index contributed by atoms with van der Waals surface area (Å²) in [7, 11) is 0. The van der Waals surface area contributed by atoms with Gasteiger partial charge in [-0.2, -0.15) is 0 Å². The molecule has 2 bridgehead atoms. The average Bonchev–Trinajstić information content (AvgIpc) is 2.68. The van der Waals surface area contributed by atoms with E-state index in [9.17, 15) is 4.79 Å². The first-order valence-corrected chi connectivity index (χ1v) is 7.81. The lowest BCUT2D eigenvalue weighted by atomic mass is 10.1. The topological polar surface area (TPSA) is 32.3 Å². The Bertz CT molecular complexity index is 512. The van der Waals surface area contributed by atoms with Crippen molar-refractivity contribution in [1.29, 1.82) is 0 Å². The van der Waals surface area contributed by atoms with Crippen LogP contribution < -0.4 is 5.32 Å². The number of benzene rings is 1. The molecule has 1 amide bonds. The number of hydrogen-bond donors (Lipinski definition) is 1. The molecule has 0 saturated carbocycles. The molecule has 3 nitrogen and oxygen atoms in total. The van der Waals surface area contributed by atoms with Gasteiger partial charge in [0.25, 0.3) is 5.91 Å². The molecule has 2 atom stereocenters. The number of amides is 1. The van der Waals surface area contributed by atoms with E-state index in [4.69, 9.17) is 11.6 Å². The van der Waals surface area contributed by atoms with Crippen molar-refractivity contribution in [2.45, 2.75) is 31.3 Å². The van der Waals surface area contributed by atoms with Crippen molar-refractivity contribution >= 4 is 45.8 Å². The maximum Gasteiger partial charge on any atom is 0.255 e. The van der Waals surface area contributed by atoms with Crippen LogP contribution in [-0.2, 0) is 0 Å². The Hall–Kier alpha value is -0.290. The molecule has 1 aromatic carbocycles. The van der Waals surface area contributed by atoms with E-state index in [0.29, 0.717) is 22.7 Å². The molecule has 3 rings (SSSR count). The molecule has 0 radical (unpaired) electrons. The number of carbonyl (C=O) groups excluding carboxylic acids is 1. The zero-order chi connectivity index (χ0) is 13.4. The third-order valence-electron chi connectivity index (χ3n) is 3.97. The molecule has 110 valence electrons. The molecule has 2 aliphatic heterocycles. The third-order valence-corrected chi connectivity index (χ3v) is 4.86. The highest BCUT2D eigenvalue weighted by molar-refractivity contribution is 9.10. The number of nitrogens with zero attached hydrogens (tertiary/aromatic N) is 1. The van der Waals surface area contributed by atoms with Crippen LogP contribution in [0.2, 0.25) is 5.02 Å². The number of halogens is 3. The molecule has 1 N–H and O–H groups in total. The average molecular weight is 380 g/mol. The molecular weight excluding hydrogens is 363 g/mol. The summed E-state index contributed by atoms with van der Waals surface area (Å²) in [5.74, 6) is 0.0953. The molecule has 2 fully saturated rings. The summed E-state index contributed by atoms with van der Waals surface area (Å²) < 4.78 is 0.771. The molecule has 2 saturated heterocycles. The maximum atomic E-state index is 12.6. The smallest absolute Gasteiger partial charge is 0.255 e. The van der Waals surface area contributed by atoms with Gasteiger partial charge in [-0.1, -0.05) is 11.6 Å². The quantitative estimate of drug-likeness (QED) is 0.809. The number of carbonyl (C=O) groups is 1. The van der Waals surface area contributed by atoms with E-state index in [-0.39, 0.29) is 18.3 Å². The van der Waals surface area contributed by atoms with E-state index in [1.165, 1.54) is 12.8 Å². The summed E-state index contributed by atoms with van der Waals surface area (Å²) >= 11 is 9.35. The van der Waals surface area contributed by atoms with E-state index in [2.05, 4.69) is 21.2 Å². The number of rotatable bonds is 1. The second-order valence-corrected chi connectivity index (χ2v) is 6.59. The Morgan fingerprint density at radius 2 is 2.05 bits per heavy atom. The van der Waals surface area contributed by atoms with Crippen molar-refractivity contribution in [2.24, 2.45) is 0 Å². The van der Waals surface area contributed by atoms with Crippen molar-refractivity contribution in [1.82, 2.24) is 10.2 Å². The first-order chi connectivity index (χ1) is 9.13. The van der Waals surface area contributed by atoms with Crippen LogP contribution in [0, 0.1) is 0 Å². The first kappa shape index (κ1) is 16.1. The van der Waals surface area contributed by atoms with Gasteiger partial charge in [0.2, 0.25) is 0 Å². The van der Waals surface area contributed by atoms with Crippen LogP contribution in [0.1, 0.15) is 29.6 Å². The summed E-state index contributed by atoms with van der Waals surface area (Å²) in [5, 5.41) is 4.23. The zero-order valence-corrected chi connectivity index (χ0v) is 14.1. The van der Waals surface area contributed by atoms with Crippen molar-refractivity contribution in [3.8, 4) is 0 Å². The Balaban J connectivity index is 0.00000147. The van der Waals surface area contributed by atoms with Crippen molar-refractivity contribution in [3.63, 3.8) is 0 Å². The predicted octanol–water partition coefficient (Wildman–Crippen LogP) is 3.49. The SMILES string of the molecule is Cl.O=C(c1ccc(Cl)cc1Br)N1CCC2CCC(C1)N2. The van der Waals surface area contributed by atoms with E-state index < -0.39 is 0 Å². The van der Waals surface area contributed by atoms with Gasteiger partial charge >= 0.3 is 0 Å². The minimum Gasteiger partial charge on any atom is -0.337 e. The van der Waals surface area contributed by atoms with E-state index in [0.717, 1.165) is 24.0 Å². The van der Waals surface area contributed by atoms with Gasteiger partial charge in [0, 0.05) is 34.7 Å². The van der Waals surface area contributed by atoms with E-state index >= 15 is 0 Å². The summed E-state index contributed by atoms with van der Waals surface area (Å²) in [6, 6.07) is 6.39. The fraction of sp³-hybridized carbons (Fsp3) is 0.500. The minimum absolute atomic E-state index is 0. The molecule has 1 aromatic rings. The highest BCUT2D eigenvalue weighted by Gasteiger charge is 2.31. The summed E-state index contributed by atoms with van der Waals surface area (Å²) in [6.07, 6.45) is 3.47. The molecule has 2 heterocycles. The molecule has 2 aliphatic rings. The van der Waals surface area contributed by atoms with Gasteiger partial charge in [0.1, 0.15) is 0 Å². The lowest BCUT2D eigenvalue weighted by Crippen LogP contribution is -2.39. The number of hydrogen-bond acceptors (Lipinski definition) is 2. The third kappa shape index (κ3) is 3.30. The largest absolute Gasteiger partial charge is 0.337 e. The molecule has 0 aromatic heterocycles. The van der Waals surface area contributed by atoms with Crippen molar-refractivity contribution in [2.75, 3.05) is 13.1 Å². The van der Waals surface area contributed by atoms with Crippen LogP contribution in [0.25, 0.3) is 0 Å². The molecule has 6 heteroatoms. The van der Waals surface area contributed by atoms with Crippen LogP contribution in [0.4, 0.5) is 0 Å². The number of nitrogens with one attached hydrogen (secondary N) is 1. The Labute approximate surface area is 138 Å². The standard InChI is InChI=1S/C14H16BrClN2O.ClH/c15-13-7-9(16)1-4-12(13)14(19)18-6-5-10-2-3-11(8-18)17-10;/h1,4,7,10-11,17H,2-3,5-6,8H2;1H. The lowest BCUT2D eigenvalue weighted by molar-refractivity contribution is 0.0747. The monoisotopic (exact) mass is 378 g/mol. The Kier molecular flexibility index (Phi) is 5.35. The van der Waals surface area contributed by atoms with Gasteiger partial charge in [0.05, 0.1) is 5.56 Å². The van der Waals surface area contributed by atoms with E-state index in [1.807, 2.05) is 4.90 Å². The summed E-state index contributed by atoms with van der Waals surface area (Å²) in [5.41, 5.74) is 0.696. The molecule has 0 spiro atoms. The zero-order valence-electron chi connectivity index (χ0n) is 10.9. The van der Waals surface area contributed by atoms with Gasteiger partial charge < -0.3 is 10.2 Å². The van der Waals surface area contributed by atoms with Gasteiger partial charge in [-0.05, 0) is 53.4 Å². The molecular formula is C14H17BrCl2N2O. The lowest BCUT2D eigenvalue weighted by Gasteiger charge is -2.24. The number of likely N-dealkylation sites (tertiary alicyclic amines) is 1. The summed E-state index contributed by atoms with van der Waals surface area (Å²) in [6.45, 7) is 1.65. The van der Waals surface area contributed by atoms with Gasteiger partial charge in [-0.15, -0.1) is 12.4 Å². The highest BCUT2D eigenvalue weighted by Crippen LogP contribution is 2.25. The van der Waals surface area contributed by atoms with Gasteiger partial charge in [-0.3, -0.25) is 4.79 Å².